The number of piperazine rings is 1. The minimum atomic E-state index is -0.669. The molecule has 0 bridgehead atoms. The van der Waals surface area contributed by atoms with Crippen LogP contribution >= 0.6 is 0 Å². The first-order valence-corrected chi connectivity index (χ1v) is 10.6. The summed E-state index contributed by atoms with van der Waals surface area (Å²) >= 11 is 0. The average molecular weight is 453 g/mol. The van der Waals surface area contributed by atoms with Crippen molar-refractivity contribution in [3.05, 3.63) is 65.3 Å². The summed E-state index contributed by atoms with van der Waals surface area (Å²) in [6, 6.07) is 6.70. The summed E-state index contributed by atoms with van der Waals surface area (Å²) in [5.41, 5.74) is 0.992. The number of aryl methyl sites for hydroxylation is 2. The third-order valence-corrected chi connectivity index (χ3v) is 5.45. The molecule has 1 unspecified atom stereocenters. The first-order chi connectivity index (χ1) is 15.8. The Kier molecular flexibility index (Phi) is 7.42. The van der Waals surface area contributed by atoms with Gasteiger partial charge >= 0.3 is 5.97 Å². The van der Waals surface area contributed by atoms with Crippen LogP contribution in [-0.2, 0) is 4.74 Å². The summed E-state index contributed by atoms with van der Waals surface area (Å²) < 4.78 is 10.3. The Morgan fingerprint density at radius 2 is 1.82 bits per heavy atom. The normalized spacial score (nSPS) is 15.7. The predicted octanol–water partition coefficient (Wildman–Crippen LogP) is 2.43. The molecule has 1 saturated heterocycles. The van der Waals surface area contributed by atoms with Crippen molar-refractivity contribution in [2.45, 2.75) is 26.8 Å². The number of benzene rings is 1. The lowest BCUT2D eigenvalue weighted by atomic mass is 10.1. The largest absolute Gasteiger partial charge is 0.497 e. The van der Waals surface area contributed by atoms with Crippen LogP contribution < -0.4 is 4.74 Å². The molecule has 0 spiro atoms. The van der Waals surface area contributed by atoms with Gasteiger partial charge in [0.2, 0.25) is 0 Å². The van der Waals surface area contributed by atoms with E-state index in [0.717, 1.165) is 0 Å². The maximum atomic E-state index is 13.4. The molecule has 1 fully saturated rings. The Morgan fingerprint density at radius 1 is 1.12 bits per heavy atom. The lowest BCUT2D eigenvalue weighted by molar-refractivity contribution is 0.0406. The number of rotatable bonds is 6. The molecule has 1 aliphatic heterocycles. The van der Waals surface area contributed by atoms with Crippen LogP contribution in [0.5, 0.6) is 5.75 Å². The van der Waals surface area contributed by atoms with Crippen LogP contribution in [0.4, 0.5) is 0 Å². The van der Waals surface area contributed by atoms with Crippen molar-refractivity contribution in [1.82, 2.24) is 19.8 Å². The molecule has 0 N–H and O–H groups in total. The van der Waals surface area contributed by atoms with Crippen molar-refractivity contribution >= 4 is 17.8 Å². The van der Waals surface area contributed by atoms with Gasteiger partial charge in [-0.2, -0.15) is 0 Å². The molecule has 33 heavy (non-hydrogen) atoms. The van der Waals surface area contributed by atoms with E-state index < -0.39 is 11.9 Å². The highest BCUT2D eigenvalue weighted by Crippen LogP contribution is 2.20. The second-order valence-electron chi connectivity index (χ2n) is 7.79. The van der Waals surface area contributed by atoms with Gasteiger partial charge in [-0.15, -0.1) is 0 Å². The number of carbonyl (C=O) groups excluding carboxylic acids is 3. The molecule has 3 rings (SSSR count). The Balaban J connectivity index is 1.78. The quantitative estimate of drug-likeness (QED) is 0.490. The minimum Gasteiger partial charge on any atom is -0.497 e. The Hall–Kier alpha value is -3.75. The van der Waals surface area contributed by atoms with E-state index in [4.69, 9.17) is 9.47 Å². The Morgan fingerprint density at radius 3 is 2.42 bits per heavy atom. The molecule has 1 atom stereocenters. The monoisotopic (exact) mass is 452 g/mol. The van der Waals surface area contributed by atoms with Crippen molar-refractivity contribution in [3.8, 4) is 5.75 Å². The third-order valence-electron chi connectivity index (χ3n) is 5.45. The number of ether oxygens (including phenoxy) is 2. The maximum absolute atomic E-state index is 13.4. The summed E-state index contributed by atoms with van der Waals surface area (Å²) in [5.74, 6) is -0.111. The van der Waals surface area contributed by atoms with Gasteiger partial charge in [0.05, 0.1) is 12.8 Å². The molecular weight excluding hydrogens is 424 g/mol. The molecule has 1 aromatic heterocycles. The van der Waals surface area contributed by atoms with Crippen LogP contribution in [0.15, 0.2) is 36.9 Å². The number of carbonyl (C=O) groups is 3. The lowest BCUT2D eigenvalue weighted by Gasteiger charge is -2.40. The first-order valence-electron chi connectivity index (χ1n) is 10.6. The third kappa shape index (κ3) is 5.19. The summed E-state index contributed by atoms with van der Waals surface area (Å²) in [5, 5.41) is 0. The SMILES string of the molecule is C=CCOC(=O)c1c(C)nc(C)nc1C(=O)N1CCN(C(=O)c2ccc(OC)cc2)C(C)C1. The molecule has 0 radical (unpaired) electrons. The zero-order valence-electron chi connectivity index (χ0n) is 19.3. The molecule has 1 aliphatic rings. The van der Waals surface area contributed by atoms with Crippen LogP contribution in [0.2, 0.25) is 0 Å². The topological polar surface area (TPSA) is 102 Å². The molecule has 9 nitrogen and oxygen atoms in total. The van der Waals surface area contributed by atoms with E-state index >= 15 is 0 Å². The highest BCUT2D eigenvalue weighted by molar-refractivity contribution is 6.04. The van der Waals surface area contributed by atoms with Gasteiger partial charge in [0, 0.05) is 31.2 Å². The molecule has 2 heterocycles. The number of aromatic nitrogens is 2. The van der Waals surface area contributed by atoms with E-state index in [0.29, 0.717) is 42.5 Å². The highest BCUT2D eigenvalue weighted by Gasteiger charge is 2.34. The molecule has 9 heteroatoms. The fourth-order valence-corrected chi connectivity index (χ4v) is 3.81. The fourth-order valence-electron chi connectivity index (χ4n) is 3.81. The molecule has 2 amide bonds. The molecule has 2 aromatic rings. The van der Waals surface area contributed by atoms with Gasteiger partial charge in [-0.1, -0.05) is 12.7 Å². The molecular formula is C24H28N4O5. The standard InChI is InChI=1S/C24H28N4O5/c1-6-13-33-24(31)20-16(3)25-17(4)26-21(20)23(30)27-11-12-28(15(2)14-27)22(29)18-7-9-19(32-5)10-8-18/h6-10,15H,1,11-14H2,2-5H3. The molecule has 1 aromatic carbocycles. The van der Waals surface area contributed by atoms with Crippen LogP contribution in [-0.4, -0.2) is 76.9 Å². The fraction of sp³-hybridized carbons (Fsp3) is 0.375. The van der Waals surface area contributed by atoms with E-state index in [2.05, 4.69) is 16.5 Å². The first kappa shape index (κ1) is 23.9. The maximum Gasteiger partial charge on any atom is 0.342 e. The zero-order valence-corrected chi connectivity index (χ0v) is 19.3. The van der Waals surface area contributed by atoms with E-state index in [9.17, 15) is 14.4 Å². The minimum absolute atomic E-state index is 0.0104. The van der Waals surface area contributed by atoms with Gasteiger partial charge in [-0.05, 0) is 45.0 Å². The van der Waals surface area contributed by atoms with Crippen LogP contribution in [0.25, 0.3) is 0 Å². The summed E-state index contributed by atoms with van der Waals surface area (Å²) in [6.07, 6.45) is 1.45. The van der Waals surface area contributed by atoms with Crippen molar-refractivity contribution < 1.29 is 23.9 Å². The number of amides is 2. The summed E-state index contributed by atoms with van der Waals surface area (Å²) in [6.45, 7) is 9.72. The molecule has 0 aliphatic carbocycles. The van der Waals surface area contributed by atoms with Gasteiger partial charge in [-0.25, -0.2) is 14.8 Å². The summed E-state index contributed by atoms with van der Waals surface area (Å²) in [4.78, 5) is 50.7. The van der Waals surface area contributed by atoms with Crippen molar-refractivity contribution in [3.63, 3.8) is 0 Å². The Labute approximate surface area is 193 Å². The molecule has 174 valence electrons. The van der Waals surface area contributed by atoms with Crippen LogP contribution in [0, 0.1) is 13.8 Å². The zero-order chi connectivity index (χ0) is 24.1. The van der Waals surface area contributed by atoms with Gasteiger partial charge in [0.15, 0.2) is 0 Å². The van der Waals surface area contributed by atoms with Crippen LogP contribution in [0.3, 0.4) is 0 Å². The predicted molar refractivity (Wildman–Crippen MR) is 121 cm³/mol. The Bertz CT molecular complexity index is 1070. The second-order valence-corrected chi connectivity index (χ2v) is 7.79. The summed E-state index contributed by atoms with van der Waals surface area (Å²) in [7, 11) is 1.57. The highest BCUT2D eigenvalue weighted by atomic mass is 16.5. The van der Waals surface area contributed by atoms with Crippen molar-refractivity contribution in [2.75, 3.05) is 33.4 Å². The van der Waals surface area contributed by atoms with Crippen molar-refractivity contribution in [1.29, 1.82) is 0 Å². The van der Waals surface area contributed by atoms with E-state index in [-0.39, 0.29) is 29.8 Å². The van der Waals surface area contributed by atoms with E-state index in [1.807, 2.05) is 6.92 Å². The average Bonchev–Trinajstić information content (AvgIpc) is 2.81. The van der Waals surface area contributed by atoms with Gasteiger partial charge < -0.3 is 19.3 Å². The van der Waals surface area contributed by atoms with Crippen LogP contribution in [0.1, 0.15) is 49.6 Å². The van der Waals surface area contributed by atoms with Crippen molar-refractivity contribution in [2.24, 2.45) is 0 Å². The number of esters is 1. The van der Waals surface area contributed by atoms with Gasteiger partial charge in [-0.3, -0.25) is 9.59 Å². The number of hydrogen-bond acceptors (Lipinski definition) is 7. The number of hydrogen-bond donors (Lipinski definition) is 0. The van der Waals surface area contributed by atoms with E-state index in [1.165, 1.54) is 6.08 Å². The molecule has 0 saturated carbocycles. The number of nitrogens with zero attached hydrogens (tertiary/aromatic N) is 4. The van der Waals surface area contributed by atoms with Gasteiger partial charge in [0.25, 0.3) is 11.8 Å². The smallest absolute Gasteiger partial charge is 0.342 e. The van der Waals surface area contributed by atoms with E-state index in [1.54, 1.807) is 55.0 Å². The van der Waals surface area contributed by atoms with Gasteiger partial charge in [0.1, 0.15) is 29.4 Å². The second kappa shape index (κ2) is 10.2. The number of methoxy groups -OCH3 is 1. The lowest BCUT2D eigenvalue weighted by Crippen LogP contribution is -2.55.